The molecule has 1 N–H and O–H groups in total. The SMILES string of the molecule is CS(=O)(=O)NC(CC/C=C/c1ccc(F)cc1)c1ccccc1. The number of hydrogen-bond acceptors (Lipinski definition) is 2. The van der Waals surface area contributed by atoms with Gasteiger partial charge in [0.1, 0.15) is 5.82 Å². The smallest absolute Gasteiger partial charge is 0.209 e. The molecule has 5 heteroatoms. The monoisotopic (exact) mass is 333 g/mol. The van der Waals surface area contributed by atoms with Crippen molar-refractivity contribution < 1.29 is 12.8 Å². The molecular weight excluding hydrogens is 313 g/mol. The van der Waals surface area contributed by atoms with Gasteiger partial charge in [-0.1, -0.05) is 54.6 Å². The van der Waals surface area contributed by atoms with E-state index in [9.17, 15) is 12.8 Å². The molecule has 0 radical (unpaired) electrons. The summed E-state index contributed by atoms with van der Waals surface area (Å²) in [5.41, 5.74) is 1.85. The lowest BCUT2D eigenvalue weighted by Crippen LogP contribution is -2.27. The van der Waals surface area contributed by atoms with Gasteiger partial charge in [-0.15, -0.1) is 0 Å². The van der Waals surface area contributed by atoms with E-state index in [1.54, 1.807) is 12.1 Å². The van der Waals surface area contributed by atoms with Crippen LogP contribution in [0.25, 0.3) is 6.08 Å². The van der Waals surface area contributed by atoms with E-state index < -0.39 is 10.0 Å². The average Bonchev–Trinajstić information content (AvgIpc) is 2.52. The van der Waals surface area contributed by atoms with Crippen molar-refractivity contribution in [1.29, 1.82) is 0 Å². The van der Waals surface area contributed by atoms with Gasteiger partial charge in [0.25, 0.3) is 0 Å². The van der Waals surface area contributed by atoms with Crippen LogP contribution in [-0.2, 0) is 10.0 Å². The van der Waals surface area contributed by atoms with Crippen molar-refractivity contribution in [2.75, 3.05) is 6.26 Å². The first kappa shape index (κ1) is 17.4. The molecule has 0 aliphatic heterocycles. The molecule has 2 aromatic carbocycles. The van der Waals surface area contributed by atoms with Crippen LogP contribution in [0.4, 0.5) is 4.39 Å². The van der Waals surface area contributed by atoms with Gasteiger partial charge >= 0.3 is 0 Å². The zero-order valence-electron chi connectivity index (χ0n) is 12.9. The summed E-state index contributed by atoms with van der Waals surface area (Å²) in [6.07, 6.45) is 6.39. The highest BCUT2D eigenvalue weighted by molar-refractivity contribution is 7.88. The lowest BCUT2D eigenvalue weighted by Gasteiger charge is -2.17. The first-order valence-corrected chi connectivity index (χ1v) is 9.27. The Morgan fingerprint density at radius 1 is 1.09 bits per heavy atom. The maximum absolute atomic E-state index is 12.8. The largest absolute Gasteiger partial charge is 0.213 e. The minimum absolute atomic E-state index is 0.260. The van der Waals surface area contributed by atoms with Gasteiger partial charge in [-0.05, 0) is 36.1 Å². The minimum atomic E-state index is -3.28. The fourth-order valence-corrected chi connectivity index (χ4v) is 3.06. The van der Waals surface area contributed by atoms with E-state index in [1.807, 2.05) is 42.5 Å². The van der Waals surface area contributed by atoms with Gasteiger partial charge in [0.2, 0.25) is 10.0 Å². The van der Waals surface area contributed by atoms with E-state index in [0.29, 0.717) is 12.8 Å². The van der Waals surface area contributed by atoms with Crippen LogP contribution < -0.4 is 4.72 Å². The highest BCUT2D eigenvalue weighted by atomic mass is 32.2. The molecule has 0 saturated carbocycles. The molecule has 2 rings (SSSR count). The highest BCUT2D eigenvalue weighted by Crippen LogP contribution is 2.19. The first-order valence-electron chi connectivity index (χ1n) is 7.38. The van der Waals surface area contributed by atoms with E-state index in [2.05, 4.69) is 4.72 Å². The second kappa shape index (κ2) is 8.04. The van der Waals surface area contributed by atoms with E-state index in [-0.39, 0.29) is 11.9 Å². The van der Waals surface area contributed by atoms with Crippen molar-refractivity contribution >= 4 is 16.1 Å². The van der Waals surface area contributed by atoms with Gasteiger partial charge < -0.3 is 0 Å². The van der Waals surface area contributed by atoms with E-state index in [4.69, 9.17) is 0 Å². The third kappa shape index (κ3) is 6.34. The third-order valence-corrected chi connectivity index (χ3v) is 4.07. The molecule has 2 aromatic rings. The van der Waals surface area contributed by atoms with Crippen LogP contribution in [0.2, 0.25) is 0 Å². The Kier molecular flexibility index (Phi) is 6.07. The van der Waals surface area contributed by atoms with Crippen molar-refractivity contribution in [3.8, 4) is 0 Å². The molecule has 0 bridgehead atoms. The Morgan fingerprint density at radius 2 is 1.74 bits per heavy atom. The molecule has 0 amide bonds. The molecule has 0 aliphatic rings. The zero-order chi connectivity index (χ0) is 16.7. The molecule has 0 heterocycles. The van der Waals surface area contributed by atoms with Gasteiger partial charge in [0.05, 0.1) is 6.26 Å². The van der Waals surface area contributed by atoms with Gasteiger partial charge in [-0.2, -0.15) is 0 Å². The van der Waals surface area contributed by atoms with Crippen LogP contribution >= 0.6 is 0 Å². The molecule has 1 unspecified atom stereocenters. The minimum Gasteiger partial charge on any atom is -0.213 e. The van der Waals surface area contributed by atoms with Crippen molar-refractivity contribution in [2.45, 2.75) is 18.9 Å². The number of sulfonamides is 1. The number of nitrogens with one attached hydrogen (secondary N) is 1. The van der Waals surface area contributed by atoms with E-state index >= 15 is 0 Å². The summed E-state index contributed by atoms with van der Waals surface area (Å²) in [5, 5.41) is 0. The molecule has 1 atom stereocenters. The predicted octanol–water partition coefficient (Wildman–Crippen LogP) is 3.91. The Bertz CT molecular complexity index is 740. The van der Waals surface area contributed by atoms with Crippen LogP contribution in [0.3, 0.4) is 0 Å². The number of halogens is 1. The van der Waals surface area contributed by atoms with Crippen LogP contribution in [0, 0.1) is 5.82 Å². The predicted molar refractivity (Wildman–Crippen MR) is 91.8 cm³/mol. The third-order valence-electron chi connectivity index (χ3n) is 3.36. The molecule has 23 heavy (non-hydrogen) atoms. The fourth-order valence-electron chi connectivity index (χ4n) is 2.29. The van der Waals surface area contributed by atoms with Crippen molar-refractivity contribution in [1.82, 2.24) is 4.72 Å². The molecule has 122 valence electrons. The van der Waals surface area contributed by atoms with Gasteiger partial charge in [-0.3, -0.25) is 0 Å². The molecule has 0 fully saturated rings. The Morgan fingerprint density at radius 3 is 2.35 bits per heavy atom. The van der Waals surface area contributed by atoms with Crippen molar-refractivity contribution in [3.05, 3.63) is 77.6 Å². The van der Waals surface area contributed by atoms with Crippen molar-refractivity contribution in [2.24, 2.45) is 0 Å². The van der Waals surface area contributed by atoms with E-state index in [0.717, 1.165) is 17.4 Å². The molecule has 3 nitrogen and oxygen atoms in total. The van der Waals surface area contributed by atoms with Crippen LogP contribution in [0.15, 0.2) is 60.7 Å². The van der Waals surface area contributed by atoms with Crippen LogP contribution in [-0.4, -0.2) is 14.7 Å². The average molecular weight is 333 g/mol. The second-order valence-electron chi connectivity index (χ2n) is 5.38. The molecule has 0 aromatic heterocycles. The van der Waals surface area contributed by atoms with Gasteiger partial charge in [-0.25, -0.2) is 17.5 Å². The highest BCUT2D eigenvalue weighted by Gasteiger charge is 2.14. The Hall–Kier alpha value is -1.98. The van der Waals surface area contributed by atoms with E-state index in [1.165, 1.54) is 12.1 Å². The van der Waals surface area contributed by atoms with Crippen LogP contribution in [0.1, 0.15) is 30.0 Å². The fraction of sp³-hybridized carbons (Fsp3) is 0.222. The number of allylic oxidation sites excluding steroid dienone is 1. The first-order chi connectivity index (χ1) is 10.9. The summed E-state index contributed by atoms with van der Waals surface area (Å²) in [6, 6.07) is 15.5. The zero-order valence-corrected chi connectivity index (χ0v) is 13.8. The summed E-state index contributed by atoms with van der Waals surface area (Å²) >= 11 is 0. The standard InChI is InChI=1S/C18H20FNO2S/c1-23(21,22)20-18(16-8-3-2-4-9-16)10-6-5-7-15-11-13-17(19)14-12-15/h2-5,7-9,11-14,18,20H,6,10H2,1H3/b7-5+. The summed E-state index contributed by atoms with van der Waals surface area (Å²) in [6.45, 7) is 0. The lowest BCUT2D eigenvalue weighted by atomic mass is 10.0. The van der Waals surface area contributed by atoms with Crippen molar-refractivity contribution in [3.63, 3.8) is 0 Å². The summed E-state index contributed by atoms with van der Waals surface area (Å²) in [5.74, 6) is -0.261. The number of hydrogen-bond donors (Lipinski definition) is 1. The van der Waals surface area contributed by atoms with Gasteiger partial charge in [0.15, 0.2) is 0 Å². The quantitative estimate of drug-likeness (QED) is 0.835. The number of rotatable bonds is 7. The normalized spacial score (nSPS) is 13.3. The molecule has 0 saturated heterocycles. The number of benzene rings is 2. The van der Waals surface area contributed by atoms with Crippen LogP contribution in [0.5, 0.6) is 0 Å². The summed E-state index contributed by atoms with van der Waals surface area (Å²) in [4.78, 5) is 0. The molecular formula is C18H20FNO2S. The molecule has 0 spiro atoms. The second-order valence-corrected chi connectivity index (χ2v) is 7.16. The van der Waals surface area contributed by atoms with Gasteiger partial charge in [0, 0.05) is 6.04 Å². The topological polar surface area (TPSA) is 46.2 Å². The summed E-state index contributed by atoms with van der Waals surface area (Å²) in [7, 11) is -3.28. The summed E-state index contributed by atoms with van der Waals surface area (Å²) < 4.78 is 38.6. The molecule has 0 aliphatic carbocycles. The Labute approximate surface area is 136 Å². The Balaban J connectivity index is 1.99. The maximum atomic E-state index is 12.8. The maximum Gasteiger partial charge on any atom is 0.209 e. The lowest BCUT2D eigenvalue weighted by molar-refractivity contribution is 0.547.